The first kappa shape index (κ1) is 14.5. The molecule has 0 bridgehead atoms. The summed E-state index contributed by atoms with van der Waals surface area (Å²) in [7, 11) is 0. The summed E-state index contributed by atoms with van der Waals surface area (Å²) in [5.41, 5.74) is 1.33. The van der Waals surface area contributed by atoms with Crippen molar-refractivity contribution in [3.05, 3.63) is 35.9 Å². The highest BCUT2D eigenvalue weighted by Gasteiger charge is 2.29. The highest BCUT2D eigenvalue weighted by molar-refractivity contribution is 5.79. The third-order valence-electron chi connectivity index (χ3n) is 4.47. The van der Waals surface area contributed by atoms with E-state index in [1.165, 1.54) is 5.56 Å². The molecule has 0 radical (unpaired) electrons. The zero-order chi connectivity index (χ0) is 14.5. The van der Waals surface area contributed by atoms with Gasteiger partial charge in [-0.05, 0) is 24.8 Å². The Balaban J connectivity index is 1.56. The molecule has 1 unspecified atom stereocenters. The fraction of sp³-hybridized carbons (Fsp3) is 0.588. The van der Waals surface area contributed by atoms with Crippen molar-refractivity contribution in [3.63, 3.8) is 0 Å². The van der Waals surface area contributed by atoms with Crippen molar-refractivity contribution >= 4 is 5.91 Å². The van der Waals surface area contributed by atoms with Crippen LogP contribution in [0.1, 0.15) is 18.4 Å². The number of rotatable bonds is 4. The SMILES string of the molecule is O=C(CN1CCOCC1)N1CCCC1Cc1ccccc1. The number of ether oxygens (including phenoxy) is 1. The van der Waals surface area contributed by atoms with Gasteiger partial charge in [0.2, 0.25) is 5.91 Å². The molecule has 1 amide bonds. The molecule has 1 atom stereocenters. The number of benzene rings is 1. The van der Waals surface area contributed by atoms with Crippen LogP contribution in [0.2, 0.25) is 0 Å². The molecule has 4 nitrogen and oxygen atoms in total. The zero-order valence-electron chi connectivity index (χ0n) is 12.5. The van der Waals surface area contributed by atoms with Crippen LogP contribution in [0, 0.1) is 0 Å². The number of carbonyl (C=O) groups is 1. The highest BCUT2D eigenvalue weighted by atomic mass is 16.5. The Labute approximate surface area is 126 Å². The summed E-state index contributed by atoms with van der Waals surface area (Å²) in [6.45, 7) is 4.72. The largest absolute Gasteiger partial charge is 0.379 e. The van der Waals surface area contributed by atoms with Crippen LogP contribution in [0.25, 0.3) is 0 Å². The van der Waals surface area contributed by atoms with E-state index in [0.717, 1.165) is 52.1 Å². The van der Waals surface area contributed by atoms with Gasteiger partial charge in [0, 0.05) is 25.7 Å². The van der Waals surface area contributed by atoms with Gasteiger partial charge in [-0.25, -0.2) is 0 Å². The zero-order valence-corrected chi connectivity index (χ0v) is 12.5. The van der Waals surface area contributed by atoms with Gasteiger partial charge in [-0.3, -0.25) is 9.69 Å². The second-order valence-electron chi connectivity index (χ2n) is 5.96. The van der Waals surface area contributed by atoms with Crippen molar-refractivity contribution < 1.29 is 9.53 Å². The highest BCUT2D eigenvalue weighted by Crippen LogP contribution is 2.21. The lowest BCUT2D eigenvalue weighted by atomic mass is 10.0. The van der Waals surface area contributed by atoms with Crippen LogP contribution < -0.4 is 0 Å². The monoisotopic (exact) mass is 288 g/mol. The summed E-state index contributed by atoms with van der Waals surface area (Å²) >= 11 is 0. The first-order chi connectivity index (χ1) is 10.3. The Morgan fingerprint density at radius 2 is 1.90 bits per heavy atom. The van der Waals surface area contributed by atoms with Gasteiger partial charge < -0.3 is 9.64 Å². The number of likely N-dealkylation sites (tertiary alicyclic amines) is 1. The van der Waals surface area contributed by atoms with Gasteiger partial charge in [0.1, 0.15) is 0 Å². The Hall–Kier alpha value is -1.39. The van der Waals surface area contributed by atoms with Gasteiger partial charge in [-0.1, -0.05) is 30.3 Å². The van der Waals surface area contributed by atoms with Crippen molar-refractivity contribution in [1.82, 2.24) is 9.80 Å². The van der Waals surface area contributed by atoms with Crippen molar-refractivity contribution in [1.29, 1.82) is 0 Å². The lowest BCUT2D eigenvalue weighted by Gasteiger charge is -2.30. The number of hydrogen-bond acceptors (Lipinski definition) is 3. The van der Waals surface area contributed by atoms with Gasteiger partial charge in [0.25, 0.3) is 0 Å². The summed E-state index contributed by atoms with van der Waals surface area (Å²) in [4.78, 5) is 16.9. The second kappa shape index (κ2) is 7.05. The third kappa shape index (κ3) is 3.83. The molecule has 2 saturated heterocycles. The van der Waals surface area contributed by atoms with Crippen LogP contribution >= 0.6 is 0 Å². The number of amides is 1. The van der Waals surface area contributed by atoms with Crippen molar-refractivity contribution in [3.8, 4) is 0 Å². The van der Waals surface area contributed by atoms with Crippen molar-refractivity contribution in [2.24, 2.45) is 0 Å². The molecule has 2 aliphatic rings. The van der Waals surface area contributed by atoms with E-state index in [1.54, 1.807) is 0 Å². The van der Waals surface area contributed by atoms with Crippen LogP contribution in [0.5, 0.6) is 0 Å². The topological polar surface area (TPSA) is 32.8 Å². The maximum atomic E-state index is 12.6. The number of hydrogen-bond donors (Lipinski definition) is 0. The molecule has 0 saturated carbocycles. The van der Waals surface area contributed by atoms with E-state index in [0.29, 0.717) is 12.6 Å². The lowest BCUT2D eigenvalue weighted by molar-refractivity contribution is -0.134. The molecular weight excluding hydrogens is 264 g/mol. The Kier molecular flexibility index (Phi) is 4.88. The van der Waals surface area contributed by atoms with Gasteiger partial charge in [0.15, 0.2) is 0 Å². The first-order valence-electron chi connectivity index (χ1n) is 7.96. The molecule has 1 aromatic carbocycles. The van der Waals surface area contributed by atoms with E-state index >= 15 is 0 Å². The Morgan fingerprint density at radius 3 is 2.67 bits per heavy atom. The maximum Gasteiger partial charge on any atom is 0.237 e. The Morgan fingerprint density at radius 1 is 1.14 bits per heavy atom. The second-order valence-corrected chi connectivity index (χ2v) is 5.96. The number of morpholine rings is 1. The molecule has 114 valence electrons. The minimum Gasteiger partial charge on any atom is -0.379 e. The molecule has 0 spiro atoms. The smallest absolute Gasteiger partial charge is 0.237 e. The van der Waals surface area contributed by atoms with E-state index in [4.69, 9.17) is 4.74 Å². The molecule has 21 heavy (non-hydrogen) atoms. The fourth-order valence-electron chi connectivity index (χ4n) is 3.30. The molecule has 1 aromatic rings. The van der Waals surface area contributed by atoms with E-state index in [9.17, 15) is 4.79 Å². The van der Waals surface area contributed by atoms with E-state index in [2.05, 4.69) is 34.1 Å². The van der Waals surface area contributed by atoms with Crippen LogP contribution in [-0.2, 0) is 16.0 Å². The minimum absolute atomic E-state index is 0.287. The normalized spacial score (nSPS) is 23.4. The molecule has 2 aliphatic heterocycles. The van der Waals surface area contributed by atoms with Gasteiger partial charge in [0.05, 0.1) is 19.8 Å². The average Bonchev–Trinajstić information content (AvgIpc) is 2.97. The van der Waals surface area contributed by atoms with Crippen LogP contribution in [0.3, 0.4) is 0 Å². The molecule has 2 heterocycles. The summed E-state index contributed by atoms with van der Waals surface area (Å²) in [5.74, 6) is 0.287. The van der Waals surface area contributed by atoms with Crippen molar-refractivity contribution in [2.45, 2.75) is 25.3 Å². The summed E-state index contributed by atoms with van der Waals surface area (Å²) < 4.78 is 5.34. The van der Waals surface area contributed by atoms with Crippen LogP contribution in [0.4, 0.5) is 0 Å². The molecule has 3 rings (SSSR count). The Bertz CT molecular complexity index is 457. The minimum atomic E-state index is 0.287. The van der Waals surface area contributed by atoms with Gasteiger partial charge >= 0.3 is 0 Å². The standard InChI is InChI=1S/C17H24N2O2/c20-17(14-18-9-11-21-12-10-18)19-8-4-7-16(19)13-15-5-2-1-3-6-15/h1-3,5-6,16H,4,7-14H2. The van der Waals surface area contributed by atoms with Gasteiger partial charge in [-0.2, -0.15) is 0 Å². The first-order valence-corrected chi connectivity index (χ1v) is 7.96. The third-order valence-corrected chi connectivity index (χ3v) is 4.47. The van der Waals surface area contributed by atoms with Crippen LogP contribution in [-0.4, -0.2) is 61.1 Å². The van der Waals surface area contributed by atoms with Crippen LogP contribution in [0.15, 0.2) is 30.3 Å². The molecule has 2 fully saturated rings. The average molecular weight is 288 g/mol. The van der Waals surface area contributed by atoms with E-state index < -0.39 is 0 Å². The van der Waals surface area contributed by atoms with Crippen molar-refractivity contribution in [2.75, 3.05) is 39.4 Å². The molecule has 4 heteroatoms. The molecule has 0 aliphatic carbocycles. The maximum absolute atomic E-state index is 12.6. The lowest BCUT2D eigenvalue weighted by Crippen LogP contribution is -2.46. The quantitative estimate of drug-likeness (QED) is 0.843. The van der Waals surface area contributed by atoms with Gasteiger partial charge in [-0.15, -0.1) is 0 Å². The molecule has 0 aromatic heterocycles. The van der Waals surface area contributed by atoms with E-state index in [-0.39, 0.29) is 5.91 Å². The predicted molar refractivity (Wildman–Crippen MR) is 82.1 cm³/mol. The molecule has 0 N–H and O–H groups in total. The summed E-state index contributed by atoms with van der Waals surface area (Å²) in [5, 5.41) is 0. The predicted octanol–water partition coefficient (Wildman–Crippen LogP) is 1.55. The summed E-state index contributed by atoms with van der Waals surface area (Å²) in [6, 6.07) is 10.9. The number of nitrogens with zero attached hydrogens (tertiary/aromatic N) is 2. The fourth-order valence-corrected chi connectivity index (χ4v) is 3.30. The summed E-state index contributed by atoms with van der Waals surface area (Å²) in [6.07, 6.45) is 3.24. The molecular formula is C17H24N2O2. The van der Waals surface area contributed by atoms with E-state index in [1.807, 2.05) is 6.07 Å². The number of carbonyl (C=O) groups excluding carboxylic acids is 1.